The highest BCUT2D eigenvalue weighted by Crippen LogP contribution is 2.38. The molecule has 0 aromatic carbocycles. The molecule has 3 N–H and O–H groups in total. The molecule has 0 aliphatic rings. The summed E-state index contributed by atoms with van der Waals surface area (Å²) in [4.78, 5) is 14.5. The second-order valence-corrected chi connectivity index (χ2v) is 5.80. The molecule has 25 heavy (non-hydrogen) atoms. The molecule has 10 heteroatoms. The van der Waals surface area contributed by atoms with Gasteiger partial charge in [-0.25, -0.2) is 15.0 Å². The maximum atomic E-state index is 13.4. The first-order chi connectivity index (χ1) is 11.8. The number of nitrogens with zero attached hydrogens (tertiary/aromatic N) is 3. The largest absolute Gasteiger partial charge is 0.419 e. The summed E-state index contributed by atoms with van der Waals surface area (Å²) in [5.74, 6) is -0.0131. The minimum Gasteiger partial charge on any atom is -0.394 e. The number of rotatable bonds is 4. The van der Waals surface area contributed by atoms with Gasteiger partial charge in [-0.1, -0.05) is 11.6 Å². The molecule has 3 aromatic heterocycles. The number of anilines is 1. The van der Waals surface area contributed by atoms with Gasteiger partial charge < -0.3 is 15.4 Å². The van der Waals surface area contributed by atoms with Crippen LogP contribution in [0.3, 0.4) is 0 Å². The maximum absolute atomic E-state index is 13.4. The highest BCUT2D eigenvalue weighted by atomic mass is 35.5. The number of pyridine rings is 1. The molecule has 0 fully saturated rings. The van der Waals surface area contributed by atoms with Crippen molar-refractivity contribution in [1.82, 2.24) is 19.9 Å². The number of H-pyrrole nitrogens is 1. The van der Waals surface area contributed by atoms with E-state index in [9.17, 15) is 13.2 Å². The van der Waals surface area contributed by atoms with E-state index in [0.29, 0.717) is 11.0 Å². The Morgan fingerprint density at radius 3 is 2.76 bits per heavy atom. The zero-order valence-corrected chi connectivity index (χ0v) is 13.7. The molecule has 0 amide bonds. The average Bonchev–Trinajstić information content (AvgIpc) is 2.96. The Labute approximate surface area is 145 Å². The quantitative estimate of drug-likeness (QED) is 0.611. The number of aromatic amines is 1. The smallest absolute Gasteiger partial charge is 0.394 e. The van der Waals surface area contributed by atoms with Gasteiger partial charge in [0.2, 0.25) is 5.95 Å². The minimum atomic E-state index is -4.63. The molecule has 132 valence electrons. The third-order valence-electron chi connectivity index (χ3n) is 3.50. The van der Waals surface area contributed by atoms with Crippen molar-refractivity contribution < 1.29 is 18.3 Å². The lowest BCUT2D eigenvalue weighted by molar-refractivity contribution is -0.137. The number of fused-ring (bicyclic) bond motifs is 1. The number of nitrogens with one attached hydrogen (secondary N) is 2. The average molecular weight is 372 g/mol. The van der Waals surface area contributed by atoms with E-state index in [2.05, 4.69) is 25.3 Å². The van der Waals surface area contributed by atoms with Gasteiger partial charge in [-0.05, 0) is 19.1 Å². The lowest BCUT2D eigenvalue weighted by Gasteiger charge is -2.15. The van der Waals surface area contributed by atoms with Crippen molar-refractivity contribution in [2.45, 2.75) is 19.1 Å². The molecule has 0 saturated carbocycles. The van der Waals surface area contributed by atoms with Gasteiger partial charge in [-0.3, -0.25) is 0 Å². The van der Waals surface area contributed by atoms with Crippen molar-refractivity contribution in [1.29, 1.82) is 0 Å². The molecule has 0 aliphatic carbocycles. The molecule has 0 saturated heterocycles. The zero-order chi connectivity index (χ0) is 18.2. The first-order valence-corrected chi connectivity index (χ1v) is 7.63. The third kappa shape index (κ3) is 3.52. The molecular formula is C15H13ClF3N5O. The molecule has 6 nitrogen and oxygen atoms in total. The SMILES string of the molecule is CC(CO)Nc1ncc(C(F)(F)F)c(-c2c[nH]c3nc(Cl)ccc23)n1. The number of alkyl halides is 3. The summed E-state index contributed by atoms with van der Waals surface area (Å²) in [6.07, 6.45) is -2.51. The summed E-state index contributed by atoms with van der Waals surface area (Å²) in [5.41, 5.74) is -0.669. The Bertz CT molecular complexity index is 912. The van der Waals surface area contributed by atoms with Gasteiger partial charge in [0, 0.05) is 29.4 Å². The summed E-state index contributed by atoms with van der Waals surface area (Å²) in [5, 5.41) is 12.5. The molecule has 1 unspecified atom stereocenters. The van der Waals surface area contributed by atoms with E-state index in [0.717, 1.165) is 6.20 Å². The monoisotopic (exact) mass is 371 g/mol. The van der Waals surface area contributed by atoms with E-state index in [-0.39, 0.29) is 29.0 Å². The molecule has 0 radical (unpaired) electrons. The number of halogens is 4. The first-order valence-electron chi connectivity index (χ1n) is 7.25. The number of hydrogen-bond donors (Lipinski definition) is 3. The molecule has 3 rings (SSSR count). The van der Waals surface area contributed by atoms with Crippen molar-refractivity contribution in [3.05, 3.63) is 35.2 Å². The predicted octanol–water partition coefficient (Wildman–Crippen LogP) is 3.48. The van der Waals surface area contributed by atoms with Crippen LogP contribution in [-0.4, -0.2) is 37.7 Å². The molecule has 3 heterocycles. The molecule has 0 bridgehead atoms. The van der Waals surface area contributed by atoms with Crippen molar-refractivity contribution >= 4 is 28.6 Å². The van der Waals surface area contributed by atoms with Crippen molar-refractivity contribution in [3.8, 4) is 11.3 Å². The second kappa shape index (κ2) is 6.49. The van der Waals surface area contributed by atoms with Crippen LogP contribution in [0, 0.1) is 0 Å². The van der Waals surface area contributed by atoms with Crippen LogP contribution in [-0.2, 0) is 6.18 Å². The maximum Gasteiger partial charge on any atom is 0.419 e. The fourth-order valence-corrected chi connectivity index (χ4v) is 2.45. The van der Waals surface area contributed by atoms with E-state index in [1.165, 1.54) is 12.3 Å². The minimum absolute atomic E-state index is 0.0131. The second-order valence-electron chi connectivity index (χ2n) is 5.41. The number of aliphatic hydroxyl groups excluding tert-OH is 1. The van der Waals surface area contributed by atoms with E-state index in [1.54, 1.807) is 13.0 Å². The van der Waals surface area contributed by atoms with Crippen molar-refractivity contribution in [2.75, 3.05) is 11.9 Å². The Morgan fingerprint density at radius 1 is 1.32 bits per heavy atom. The Hall–Kier alpha value is -2.39. The Balaban J connectivity index is 2.18. The summed E-state index contributed by atoms with van der Waals surface area (Å²) in [6.45, 7) is 1.44. The molecular weight excluding hydrogens is 359 g/mol. The molecule has 1 atom stereocenters. The Morgan fingerprint density at radius 2 is 2.08 bits per heavy atom. The van der Waals surface area contributed by atoms with Crippen LogP contribution in [0.25, 0.3) is 22.3 Å². The van der Waals surface area contributed by atoms with E-state index >= 15 is 0 Å². The zero-order valence-electron chi connectivity index (χ0n) is 12.9. The summed E-state index contributed by atoms with van der Waals surface area (Å²) >= 11 is 5.81. The first kappa shape index (κ1) is 17.4. The van der Waals surface area contributed by atoms with Crippen LogP contribution < -0.4 is 5.32 Å². The third-order valence-corrected chi connectivity index (χ3v) is 3.71. The number of aromatic nitrogens is 4. The van der Waals surface area contributed by atoms with E-state index < -0.39 is 17.8 Å². The van der Waals surface area contributed by atoms with Crippen LogP contribution in [0.5, 0.6) is 0 Å². The standard InChI is InChI=1S/C15H13ClF3N5O/c1-7(6-25)22-14-21-5-10(15(17,18)19)12(24-14)9-4-20-13-8(9)2-3-11(16)23-13/h2-5,7,25H,6H2,1H3,(H,20,23)(H,21,22,24). The fraction of sp³-hybridized carbons (Fsp3) is 0.267. The van der Waals surface area contributed by atoms with E-state index in [4.69, 9.17) is 16.7 Å². The molecule has 0 spiro atoms. The van der Waals surface area contributed by atoms with Gasteiger partial charge in [0.25, 0.3) is 0 Å². The summed E-state index contributed by atoms with van der Waals surface area (Å²) in [6, 6.07) is 2.65. The lowest BCUT2D eigenvalue weighted by atomic mass is 10.1. The normalized spacial score (nSPS) is 13.2. The number of aliphatic hydroxyl groups is 1. The lowest BCUT2D eigenvalue weighted by Crippen LogP contribution is -2.21. The number of hydrogen-bond acceptors (Lipinski definition) is 5. The molecule has 0 aliphatic heterocycles. The van der Waals surface area contributed by atoms with Gasteiger partial charge in [0.05, 0.1) is 12.3 Å². The Kier molecular flexibility index (Phi) is 4.53. The van der Waals surface area contributed by atoms with Gasteiger partial charge in [0.15, 0.2) is 0 Å². The summed E-state index contributed by atoms with van der Waals surface area (Å²) < 4.78 is 40.1. The fourth-order valence-electron chi connectivity index (χ4n) is 2.31. The van der Waals surface area contributed by atoms with Crippen LogP contribution in [0.1, 0.15) is 12.5 Å². The topological polar surface area (TPSA) is 86.7 Å². The summed E-state index contributed by atoms with van der Waals surface area (Å²) in [7, 11) is 0. The van der Waals surface area contributed by atoms with Gasteiger partial charge in [0.1, 0.15) is 16.4 Å². The predicted molar refractivity (Wildman–Crippen MR) is 87.3 cm³/mol. The highest BCUT2D eigenvalue weighted by Gasteiger charge is 2.36. The van der Waals surface area contributed by atoms with Crippen LogP contribution in [0.4, 0.5) is 19.1 Å². The van der Waals surface area contributed by atoms with Gasteiger partial charge in [-0.15, -0.1) is 0 Å². The highest BCUT2D eigenvalue weighted by molar-refractivity contribution is 6.29. The van der Waals surface area contributed by atoms with Gasteiger partial charge >= 0.3 is 6.18 Å². The van der Waals surface area contributed by atoms with Crippen molar-refractivity contribution in [3.63, 3.8) is 0 Å². The van der Waals surface area contributed by atoms with E-state index in [1.807, 2.05) is 0 Å². The van der Waals surface area contributed by atoms with Crippen LogP contribution in [0.2, 0.25) is 5.15 Å². The van der Waals surface area contributed by atoms with Crippen molar-refractivity contribution in [2.24, 2.45) is 0 Å². The van der Waals surface area contributed by atoms with Crippen LogP contribution in [0.15, 0.2) is 24.5 Å². The molecule has 3 aromatic rings. The van der Waals surface area contributed by atoms with Crippen LogP contribution >= 0.6 is 11.6 Å². The van der Waals surface area contributed by atoms with Gasteiger partial charge in [-0.2, -0.15) is 13.2 Å².